The van der Waals surface area contributed by atoms with Crippen LogP contribution in [0.2, 0.25) is 0 Å². The second-order valence-electron chi connectivity index (χ2n) is 8.85. The Morgan fingerprint density at radius 3 is 0.810 bits per heavy atom. The van der Waals surface area contributed by atoms with Crippen molar-refractivity contribution < 1.29 is 18.9 Å². The SMILES string of the molecule is [Li+].[c-]1c([Se]c2ccccc2)c([Se]c2ccccc2)c([Se]c2ccccc2)c([Se]c2ccccc2)c1[Se]c1ccccc1. The first-order valence-electron chi connectivity index (χ1n) is 13.1. The Morgan fingerprint density at radius 1 is 0.286 bits per heavy atom. The van der Waals surface area contributed by atoms with Crippen molar-refractivity contribution in [2.24, 2.45) is 0 Å². The summed E-state index contributed by atoms with van der Waals surface area (Å²) in [5.41, 5.74) is 0. The fourth-order valence-corrected chi connectivity index (χ4v) is 18.2. The summed E-state index contributed by atoms with van der Waals surface area (Å²) < 4.78 is 14.8. The molecule has 6 aromatic carbocycles. The van der Waals surface area contributed by atoms with Crippen molar-refractivity contribution in [1.29, 1.82) is 0 Å². The molecule has 0 N–H and O–H groups in total. The second-order valence-corrected chi connectivity index (χ2v) is 20.2. The molecular weight excluding hydrogens is 834 g/mol. The maximum atomic E-state index is 4.14. The summed E-state index contributed by atoms with van der Waals surface area (Å²) >= 11 is 0.991. The van der Waals surface area contributed by atoms with Gasteiger partial charge in [-0.05, 0) is 0 Å². The maximum absolute atomic E-state index is 4.14. The Morgan fingerprint density at radius 2 is 0.524 bits per heavy atom. The van der Waals surface area contributed by atoms with Crippen molar-refractivity contribution in [2.75, 3.05) is 0 Å². The topological polar surface area (TPSA) is 0 Å². The molecule has 0 spiro atoms. The summed E-state index contributed by atoms with van der Waals surface area (Å²) in [4.78, 5) is 0. The summed E-state index contributed by atoms with van der Waals surface area (Å²) in [6, 6.07) is 59.7. The summed E-state index contributed by atoms with van der Waals surface area (Å²) in [6.45, 7) is 0. The summed E-state index contributed by atoms with van der Waals surface area (Å²) in [7, 11) is 0. The zero-order valence-electron chi connectivity index (χ0n) is 23.0. The molecule has 0 bridgehead atoms. The van der Waals surface area contributed by atoms with Gasteiger partial charge >= 0.3 is 296 Å². The quantitative estimate of drug-likeness (QED) is 0.101. The molecule has 0 aromatic heterocycles. The zero-order valence-corrected chi connectivity index (χ0v) is 31.5. The van der Waals surface area contributed by atoms with E-state index in [1.807, 2.05) is 0 Å². The van der Waals surface area contributed by atoms with E-state index in [0.29, 0.717) is 0 Å². The van der Waals surface area contributed by atoms with E-state index in [1.165, 1.54) is 31.2 Å². The van der Waals surface area contributed by atoms with Crippen LogP contribution in [0.3, 0.4) is 0 Å². The Hall–Kier alpha value is -1.49. The van der Waals surface area contributed by atoms with Crippen LogP contribution in [0.4, 0.5) is 0 Å². The van der Waals surface area contributed by atoms with E-state index in [9.17, 15) is 0 Å². The van der Waals surface area contributed by atoms with Gasteiger partial charge in [-0.15, -0.1) is 0 Å². The van der Waals surface area contributed by atoms with Crippen molar-refractivity contribution in [3.63, 3.8) is 0 Å². The molecule has 0 amide bonds. The number of hydrogen-bond donors (Lipinski definition) is 0. The van der Waals surface area contributed by atoms with Gasteiger partial charge in [-0.2, -0.15) is 0 Å². The van der Waals surface area contributed by atoms with Gasteiger partial charge in [-0.1, -0.05) is 0 Å². The van der Waals surface area contributed by atoms with Crippen LogP contribution >= 0.6 is 0 Å². The third kappa shape index (κ3) is 8.79. The van der Waals surface area contributed by atoms with Crippen LogP contribution in [-0.2, 0) is 0 Å². The van der Waals surface area contributed by atoms with Crippen molar-refractivity contribution >= 4 is 119 Å². The molecule has 0 radical (unpaired) electrons. The molecule has 0 heterocycles. The Kier molecular flexibility index (Phi) is 12.6. The van der Waals surface area contributed by atoms with Crippen LogP contribution in [-0.4, -0.2) is 74.8 Å². The van der Waals surface area contributed by atoms with Crippen LogP contribution in [0.1, 0.15) is 0 Å². The summed E-state index contributed by atoms with van der Waals surface area (Å²) in [5.74, 6) is 0. The first-order chi connectivity index (χ1) is 20.3. The number of rotatable bonds is 10. The molecule has 6 aromatic rings. The Bertz CT molecular complexity index is 1580. The van der Waals surface area contributed by atoms with Crippen LogP contribution in [0.5, 0.6) is 0 Å². The van der Waals surface area contributed by atoms with Gasteiger partial charge < -0.3 is 0 Å². The molecule has 0 aliphatic heterocycles. The van der Waals surface area contributed by atoms with E-state index < -0.39 is 0 Å². The first-order valence-corrected chi connectivity index (χ1v) is 21.7. The van der Waals surface area contributed by atoms with Crippen LogP contribution < -0.4 is 63.5 Å². The predicted octanol–water partition coefficient (Wildman–Crippen LogP) is -3.23. The molecule has 42 heavy (non-hydrogen) atoms. The summed E-state index contributed by atoms with van der Waals surface area (Å²) in [5, 5.41) is 0. The molecule has 0 aliphatic rings. The van der Waals surface area contributed by atoms with Gasteiger partial charge in [-0.25, -0.2) is 0 Å². The van der Waals surface area contributed by atoms with Gasteiger partial charge in [0.25, 0.3) is 0 Å². The molecule has 0 fully saturated rings. The summed E-state index contributed by atoms with van der Waals surface area (Å²) in [6.07, 6.45) is 0. The fraction of sp³-hybridized carbons (Fsp3) is 0. The Balaban J connectivity index is 0.00000353. The predicted molar refractivity (Wildman–Crippen MR) is 183 cm³/mol. The van der Waals surface area contributed by atoms with Gasteiger partial charge in [0.05, 0.1) is 0 Å². The monoisotopic (exact) mass is 864 g/mol. The van der Waals surface area contributed by atoms with Crippen LogP contribution in [0.15, 0.2) is 152 Å². The molecule has 0 aliphatic carbocycles. The minimum atomic E-state index is 0. The average Bonchev–Trinajstić information content (AvgIpc) is 3.03. The van der Waals surface area contributed by atoms with E-state index in [2.05, 4.69) is 158 Å². The zero-order chi connectivity index (χ0) is 27.7. The normalized spacial score (nSPS) is 10.7. The minimum absolute atomic E-state index is 0. The van der Waals surface area contributed by atoms with Gasteiger partial charge in [0.1, 0.15) is 0 Å². The van der Waals surface area contributed by atoms with Crippen LogP contribution in [0.25, 0.3) is 0 Å². The van der Waals surface area contributed by atoms with Gasteiger partial charge in [0, 0.05) is 0 Å². The average molecular weight is 859 g/mol. The van der Waals surface area contributed by atoms with Gasteiger partial charge in [0.2, 0.25) is 0 Å². The second kappa shape index (κ2) is 16.5. The Labute approximate surface area is 292 Å². The van der Waals surface area contributed by atoms with Gasteiger partial charge in [0.15, 0.2) is 0 Å². The number of benzene rings is 6. The van der Waals surface area contributed by atoms with Crippen molar-refractivity contribution in [2.45, 2.75) is 0 Å². The molecule has 0 saturated carbocycles. The fourth-order valence-electron chi connectivity index (χ4n) is 3.98. The van der Waals surface area contributed by atoms with E-state index in [0.717, 1.165) is 0 Å². The molecule has 6 heteroatoms. The molecule has 0 atom stereocenters. The molecule has 6 rings (SSSR count). The van der Waals surface area contributed by atoms with Crippen LogP contribution in [0, 0.1) is 6.07 Å². The molecule has 0 nitrogen and oxygen atoms in total. The third-order valence-corrected chi connectivity index (χ3v) is 19.8. The van der Waals surface area contributed by atoms with Crippen molar-refractivity contribution in [1.82, 2.24) is 0 Å². The third-order valence-electron chi connectivity index (χ3n) is 5.87. The molecule has 200 valence electrons. The van der Waals surface area contributed by atoms with E-state index >= 15 is 0 Å². The molecule has 0 saturated heterocycles. The van der Waals surface area contributed by atoms with Crippen molar-refractivity contribution in [3.05, 3.63) is 158 Å². The van der Waals surface area contributed by atoms with E-state index in [-0.39, 0.29) is 93.6 Å². The van der Waals surface area contributed by atoms with E-state index in [4.69, 9.17) is 0 Å². The first kappa shape index (κ1) is 31.9. The number of hydrogen-bond acceptors (Lipinski definition) is 0. The molecular formula is C36H25LiSe5. The standard InChI is InChI=1S/C36H25Se5.Li/c1-6-16-27(17-7-1)37-32-26-33(38-28-18-8-2-9-19-28)35(40-30-22-12-4-13-23-30)36(41-31-24-14-5-15-25-31)34(32)39-29-20-10-3-11-21-29;/h1-25H;/q-1;+1. The van der Waals surface area contributed by atoms with Gasteiger partial charge in [-0.3, -0.25) is 0 Å². The van der Waals surface area contributed by atoms with Crippen molar-refractivity contribution in [3.8, 4) is 0 Å². The van der Waals surface area contributed by atoms with E-state index in [1.54, 1.807) is 13.4 Å². The molecule has 0 unspecified atom stereocenters.